The van der Waals surface area contributed by atoms with Crippen LogP contribution in [0.15, 0.2) is 47.5 Å². The fraction of sp³-hybridized carbons (Fsp3) is 0.200. The fourth-order valence-corrected chi connectivity index (χ4v) is 2.70. The Bertz CT molecular complexity index is 825. The van der Waals surface area contributed by atoms with Crippen LogP contribution < -0.4 is 10.0 Å². The van der Waals surface area contributed by atoms with Crippen LogP contribution >= 0.6 is 0 Å². The second kappa shape index (κ2) is 7.21. The lowest BCUT2D eigenvalue weighted by atomic mass is 10.2. The first kappa shape index (κ1) is 16.9. The molecule has 0 bridgehead atoms. The van der Waals surface area contributed by atoms with Crippen molar-refractivity contribution < 1.29 is 13.2 Å². The molecule has 0 atom stereocenters. The zero-order chi connectivity index (χ0) is 16.9. The van der Waals surface area contributed by atoms with E-state index in [1.54, 1.807) is 42.2 Å². The van der Waals surface area contributed by atoms with Crippen LogP contribution in [-0.2, 0) is 28.4 Å². The van der Waals surface area contributed by atoms with Gasteiger partial charge >= 0.3 is 0 Å². The summed E-state index contributed by atoms with van der Waals surface area (Å²) >= 11 is 0. The minimum absolute atomic E-state index is 0.164. The molecule has 0 fully saturated rings. The Kier molecular flexibility index (Phi) is 5.30. The molecule has 0 aliphatic heterocycles. The number of nitrogens with zero attached hydrogens (tertiary/aromatic N) is 2. The van der Waals surface area contributed by atoms with E-state index in [4.69, 9.17) is 0 Å². The van der Waals surface area contributed by atoms with E-state index in [1.165, 1.54) is 25.3 Å². The summed E-state index contributed by atoms with van der Waals surface area (Å²) in [7, 11) is -0.353. The molecule has 0 unspecified atom stereocenters. The lowest BCUT2D eigenvalue weighted by Crippen LogP contribution is -2.21. The highest BCUT2D eigenvalue weighted by atomic mass is 32.2. The standard InChI is InChI=1S/C15H18N4O3S/c1-16-23(21,22)14-5-3-4-12(10-14)11-17-15(20)7-6-13-8-9-18-19(13)2/h3-10,16H,11H2,1-2H3,(H,17,20)/b7-6+. The van der Waals surface area contributed by atoms with Gasteiger partial charge in [-0.15, -0.1) is 0 Å². The second-order valence-electron chi connectivity index (χ2n) is 4.79. The van der Waals surface area contributed by atoms with Crippen LogP contribution in [0, 0.1) is 0 Å². The molecule has 1 heterocycles. The molecule has 0 aliphatic carbocycles. The smallest absolute Gasteiger partial charge is 0.244 e. The molecular weight excluding hydrogens is 316 g/mol. The average molecular weight is 334 g/mol. The Balaban J connectivity index is 1.98. The van der Waals surface area contributed by atoms with E-state index in [1.807, 2.05) is 0 Å². The van der Waals surface area contributed by atoms with Gasteiger partial charge < -0.3 is 5.32 Å². The quantitative estimate of drug-likeness (QED) is 0.759. The molecule has 23 heavy (non-hydrogen) atoms. The van der Waals surface area contributed by atoms with Crippen molar-refractivity contribution in [3.05, 3.63) is 53.9 Å². The molecule has 122 valence electrons. The molecule has 0 aliphatic rings. The van der Waals surface area contributed by atoms with Gasteiger partial charge in [0.1, 0.15) is 0 Å². The van der Waals surface area contributed by atoms with E-state index in [2.05, 4.69) is 15.1 Å². The number of carbonyl (C=O) groups is 1. The van der Waals surface area contributed by atoms with Crippen LogP contribution in [0.2, 0.25) is 0 Å². The lowest BCUT2D eigenvalue weighted by Gasteiger charge is -2.06. The summed E-state index contributed by atoms with van der Waals surface area (Å²) in [4.78, 5) is 12.0. The van der Waals surface area contributed by atoms with Gasteiger partial charge in [-0.05, 0) is 36.9 Å². The normalized spacial score (nSPS) is 11.7. The third-order valence-corrected chi connectivity index (χ3v) is 4.62. The molecule has 2 aromatic rings. The Morgan fingerprint density at radius 3 is 2.78 bits per heavy atom. The minimum Gasteiger partial charge on any atom is -0.348 e. The number of hydrogen-bond acceptors (Lipinski definition) is 4. The Labute approximate surface area is 135 Å². The number of benzene rings is 1. The van der Waals surface area contributed by atoms with Crippen LogP contribution in [0.4, 0.5) is 0 Å². The number of nitrogens with one attached hydrogen (secondary N) is 2. The zero-order valence-corrected chi connectivity index (χ0v) is 13.7. The fourth-order valence-electron chi connectivity index (χ4n) is 1.90. The van der Waals surface area contributed by atoms with Crippen molar-refractivity contribution in [2.24, 2.45) is 7.05 Å². The first-order valence-electron chi connectivity index (χ1n) is 6.89. The molecule has 1 amide bonds. The van der Waals surface area contributed by atoms with Gasteiger partial charge in [0.2, 0.25) is 15.9 Å². The Morgan fingerprint density at radius 1 is 1.35 bits per heavy atom. The largest absolute Gasteiger partial charge is 0.348 e. The third-order valence-electron chi connectivity index (χ3n) is 3.21. The predicted molar refractivity (Wildman–Crippen MR) is 86.8 cm³/mol. The van der Waals surface area contributed by atoms with Crippen molar-refractivity contribution in [3.8, 4) is 0 Å². The second-order valence-corrected chi connectivity index (χ2v) is 6.67. The highest BCUT2D eigenvalue weighted by Gasteiger charge is 2.11. The Morgan fingerprint density at radius 2 is 2.13 bits per heavy atom. The molecule has 1 aromatic carbocycles. The van der Waals surface area contributed by atoms with Crippen LogP contribution in [0.3, 0.4) is 0 Å². The number of rotatable bonds is 6. The molecule has 1 aromatic heterocycles. The maximum Gasteiger partial charge on any atom is 0.244 e. The van der Waals surface area contributed by atoms with Gasteiger partial charge in [0.05, 0.1) is 10.6 Å². The predicted octanol–water partition coefficient (Wildman–Crippen LogP) is 0.658. The van der Waals surface area contributed by atoms with Gasteiger partial charge in [-0.1, -0.05) is 12.1 Å². The molecule has 2 N–H and O–H groups in total. The van der Waals surface area contributed by atoms with Crippen molar-refractivity contribution in [2.45, 2.75) is 11.4 Å². The van der Waals surface area contributed by atoms with Crippen LogP contribution in [0.25, 0.3) is 6.08 Å². The van der Waals surface area contributed by atoms with Gasteiger partial charge in [0, 0.05) is 25.9 Å². The van der Waals surface area contributed by atoms with Gasteiger partial charge in [-0.25, -0.2) is 13.1 Å². The summed E-state index contributed by atoms with van der Waals surface area (Å²) in [6, 6.07) is 8.20. The lowest BCUT2D eigenvalue weighted by molar-refractivity contribution is -0.116. The molecule has 0 radical (unpaired) electrons. The van der Waals surface area contributed by atoms with E-state index in [-0.39, 0.29) is 17.3 Å². The average Bonchev–Trinajstić information content (AvgIpc) is 2.96. The molecule has 8 heteroatoms. The highest BCUT2D eigenvalue weighted by Crippen LogP contribution is 2.11. The maximum atomic E-state index is 11.8. The number of aromatic nitrogens is 2. The summed E-state index contributed by atoms with van der Waals surface area (Å²) in [5, 5.41) is 6.71. The first-order valence-corrected chi connectivity index (χ1v) is 8.37. The van der Waals surface area contributed by atoms with Crippen molar-refractivity contribution >= 4 is 22.0 Å². The molecule has 0 saturated carbocycles. The van der Waals surface area contributed by atoms with Gasteiger partial charge in [-0.2, -0.15) is 5.10 Å². The van der Waals surface area contributed by atoms with Crippen LogP contribution in [-0.4, -0.2) is 31.2 Å². The number of carbonyl (C=O) groups excluding carboxylic acids is 1. The highest BCUT2D eigenvalue weighted by molar-refractivity contribution is 7.89. The van der Waals surface area contributed by atoms with Gasteiger partial charge in [0.25, 0.3) is 0 Å². The zero-order valence-electron chi connectivity index (χ0n) is 12.9. The molecule has 7 nitrogen and oxygen atoms in total. The number of sulfonamides is 1. The van der Waals surface area contributed by atoms with Gasteiger partial charge in [0.15, 0.2) is 0 Å². The molecule has 2 rings (SSSR count). The van der Waals surface area contributed by atoms with E-state index in [0.29, 0.717) is 5.56 Å². The SMILES string of the molecule is CNS(=O)(=O)c1cccc(CNC(=O)/C=C/c2ccnn2C)c1. The minimum atomic E-state index is -3.49. The van der Waals surface area contributed by atoms with Crippen molar-refractivity contribution in [1.29, 1.82) is 0 Å². The summed E-state index contributed by atoms with van der Waals surface area (Å²) in [5.74, 6) is -0.270. The maximum absolute atomic E-state index is 11.8. The van der Waals surface area contributed by atoms with Crippen molar-refractivity contribution in [1.82, 2.24) is 19.8 Å². The molecule has 0 spiro atoms. The summed E-state index contributed by atoms with van der Waals surface area (Å²) in [6.07, 6.45) is 4.71. The van der Waals surface area contributed by atoms with Crippen molar-refractivity contribution in [3.63, 3.8) is 0 Å². The number of amides is 1. The summed E-state index contributed by atoms with van der Waals surface area (Å²) in [6.45, 7) is 0.238. The van der Waals surface area contributed by atoms with E-state index in [0.717, 1.165) is 5.69 Å². The molecule has 0 saturated heterocycles. The van der Waals surface area contributed by atoms with Crippen molar-refractivity contribution in [2.75, 3.05) is 7.05 Å². The van der Waals surface area contributed by atoms with E-state index in [9.17, 15) is 13.2 Å². The third kappa shape index (κ3) is 4.51. The summed E-state index contributed by atoms with van der Waals surface area (Å²) < 4.78 is 27.4. The van der Waals surface area contributed by atoms with E-state index < -0.39 is 10.0 Å². The topological polar surface area (TPSA) is 93.1 Å². The first-order chi connectivity index (χ1) is 10.9. The number of hydrogen-bond donors (Lipinski definition) is 2. The Hall–Kier alpha value is -2.45. The number of aryl methyl sites for hydroxylation is 1. The summed E-state index contributed by atoms with van der Waals surface area (Å²) in [5.41, 5.74) is 1.51. The van der Waals surface area contributed by atoms with E-state index >= 15 is 0 Å². The molecular formula is C15H18N4O3S. The van der Waals surface area contributed by atoms with Crippen LogP contribution in [0.5, 0.6) is 0 Å². The monoisotopic (exact) mass is 334 g/mol. The van der Waals surface area contributed by atoms with Gasteiger partial charge in [-0.3, -0.25) is 9.48 Å². The van der Waals surface area contributed by atoms with Crippen LogP contribution in [0.1, 0.15) is 11.3 Å².